The van der Waals surface area contributed by atoms with E-state index in [0.717, 1.165) is 4.47 Å². The molecular weight excluding hydrogens is 314 g/mol. The summed E-state index contributed by atoms with van der Waals surface area (Å²) in [6, 6.07) is 5.45. The number of aromatic nitrogens is 1. The molecule has 0 N–H and O–H groups in total. The summed E-state index contributed by atoms with van der Waals surface area (Å²) in [4.78, 5) is 11.8. The monoisotopic (exact) mass is 325 g/mol. The van der Waals surface area contributed by atoms with E-state index in [1.807, 2.05) is 12.1 Å². The maximum absolute atomic E-state index is 11.8. The summed E-state index contributed by atoms with van der Waals surface area (Å²) in [5, 5.41) is 3.94. The third-order valence-electron chi connectivity index (χ3n) is 2.68. The first-order valence-electron chi connectivity index (χ1n) is 5.47. The number of aryl methyl sites for hydroxylation is 1. The number of halogens is 1. The Bertz CT molecular complexity index is 621. The molecule has 0 unspecified atom stereocenters. The lowest BCUT2D eigenvalue weighted by atomic mass is 10.1. The van der Waals surface area contributed by atoms with Gasteiger partial charge in [-0.25, -0.2) is 4.79 Å². The molecule has 0 saturated carbocycles. The van der Waals surface area contributed by atoms with Gasteiger partial charge in [-0.15, -0.1) is 0 Å². The highest BCUT2D eigenvalue weighted by Crippen LogP contribution is 2.38. The standard InChI is InChI=1S/C13H12BrNO4/c1-7-10(13(16)18-3)12(15-19-7)11-8(14)5-4-6-9(11)17-2/h4-6H,1-3H3. The van der Waals surface area contributed by atoms with E-state index in [4.69, 9.17) is 14.0 Å². The van der Waals surface area contributed by atoms with Crippen LogP contribution in [0.3, 0.4) is 0 Å². The molecule has 1 heterocycles. The van der Waals surface area contributed by atoms with Crippen molar-refractivity contribution < 1.29 is 18.8 Å². The van der Waals surface area contributed by atoms with E-state index in [2.05, 4.69) is 21.1 Å². The van der Waals surface area contributed by atoms with E-state index < -0.39 is 5.97 Å². The third-order valence-corrected chi connectivity index (χ3v) is 3.35. The molecule has 0 radical (unpaired) electrons. The minimum atomic E-state index is -0.494. The number of hydrogen-bond donors (Lipinski definition) is 0. The molecule has 0 aliphatic carbocycles. The van der Waals surface area contributed by atoms with E-state index >= 15 is 0 Å². The first-order valence-corrected chi connectivity index (χ1v) is 6.27. The molecule has 0 aliphatic rings. The van der Waals surface area contributed by atoms with Gasteiger partial charge < -0.3 is 14.0 Å². The molecule has 2 rings (SSSR count). The fourth-order valence-electron chi connectivity index (χ4n) is 1.79. The van der Waals surface area contributed by atoms with Crippen LogP contribution in [-0.2, 0) is 4.74 Å². The predicted octanol–water partition coefficient (Wildman–Crippen LogP) is 3.21. The van der Waals surface area contributed by atoms with Crippen molar-refractivity contribution >= 4 is 21.9 Å². The van der Waals surface area contributed by atoms with Gasteiger partial charge in [0.1, 0.15) is 22.8 Å². The van der Waals surface area contributed by atoms with Crippen LogP contribution in [0.5, 0.6) is 5.75 Å². The number of esters is 1. The Hall–Kier alpha value is -1.82. The normalized spacial score (nSPS) is 10.3. The molecule has 5 nitrogen and oxygen atoms in total. The fourth-order valence-corrected chi connectivity index (χ4v) is 2.33. The second kappa shape index (κ2) is 5.44. The maximum atomic E-state index is 11.8. The van der Waals surface area contributed by atoms with Crippen LogP contribution < -0.4 is 4.74 Å². The van der Waals surface area contributed by atoms with E-state index in [0.29, 0.717) is 28.3 Å². The zero-order chi connectivity index (χ0) is 14.0. The van der Waals surface area contributed by atoms with E-state index in [-0.39, 0.29) is 0 Å². The molecule has 1 aromatic carbocycles. The zero-order valence-electron chi connectivity index (χ0n) is 10.7. The Morgan fingerprint density at radius 2 is 2.11 bits per heavy atom. The van der Waals surface area contributed by atoms with Gasteiger partial charge in [-0.1, -0.05) is 11.2 Å². The summed E-state index contributed by atoms with van der Waals surface area (Å²) in [6.45, 7) is 1.66. The van der Waals surface area contributed by atoms with E-state index in [1.54, 1.807) is 20.1 Å². The number of methoxy groups -OCH3 is 2. The lowest BCUT2D eigenvalue weighted by Crippen LogP contribution is -2.04. The topological polar surface area (TPSA) is 61.6 Å². The Labute approximate surface area is 118 Å². The zero-order valence-corrected chi connectivity index (χ0v) is 12.3. The number of carbonyl (C=O) groups excluding carboxylic acids is 1. The molecule has 0 bridgehead atoms. The minimum Gasteiger partial charge on any atom is -0.496 e. The molecule has 0 aliphatic heterocycles. The summed E-state index contributed by atoms with van der Waals surface area (Å²) in [7, 11) is 2.87. The molecule has 6 heteroatoms. The average molecular weight is 326 g/mol. The largest absolute Gasteiger partial charge is 0.496 e. The van der Waals surface area contributed by atoms with Crippen molar-refractivity contribution in [1.29, 1.82) is 0 Å². The molecular formula is C13H12BrNO4. The fraction of sp³-hybridized carbons (Fsp3) is 0.231. The van der Waals surface area contributed by atoms with Gasteiger partial charge in [-0.05, 0) is 35.0 Å². The van der Waals surface area contributed by atoms with Gasteiger partial charge in [-0.2, -0.15) is 0 Å². The minimum absolute atomic E-state index is 0.299. The van der Waals surface area contributed by atoms with E-state index in [9.17, 15) is 4.79 Å². The summed E-state index contributed by atoms with van der Waals surface area (Å²) in [6.07, 6.45) is 0. The summed E-state index contributed by atoms with van der Waals surface area (Å²) in [5.74, 6) is 0.499. The van der Waals surface area contributed by atoms with Gasteiger partial charge in [0.2, 0.25) is 0 Å². The highest BCUT2D eigenvalue weighted by atomic mass is 79.9. The summed E-state index contributed by atoms with van der Waals surface area (Å²) in [5.41, 5.74) is 1.35. The Balaban J connectivity index is 2.70. The van der Waals surface area contributed by atoms with Crippen LogP contribution in [-0.4, -0.2) is 25.3 Å². The second-order valence-electron chi connectivity index (χ2n) is 3.77. The Morgan fingerprint density at radius 1 is 1.37 bits per heavy atom. The van der Waals surface area contributed by atoms with Gasteiger partial charge in [-0.3, -0.25) is 0 Å². The number of carbonyl (C=O) groups is 1. The average Bonchev–Trinajstić information content (AvgIpc) is 2.79. The van der Waals surface area contributed by atoms with Gasteiger partial charge in [0.05, 0.1) is 19.8 Å². The van der Waals surface area contributed by atoms with Crippen molar-refractivity contribution in [2.75, 3.05) is 14.2 Å². The number of ether oxygens (including phenoxy) is 2. The molecule has 0 spiro atoms. The van der Waals surface area contributed by atoms with Crippen LogP contribution in [0.15, 0.2) is 27.2 Å². The Kier molecular flexibility index (Phi) is 3.90. The van der Waals surface area contributed by atoms with Crippen LogP contribution in [0.1, 0.15) is 16.1 Å². The van der Waals surface area contributed by atoms with Crippen molar-refractivity contribution in [3.8, 4) is 17.0 Å². The maximum Gasteiger partial charge on any atom is 0.343 e. The molecule has 19 heavy (non-hydrogen) atoms. The first kappa shape index (κ1) is 13.6. The molecule has 0 fully saturated rings. The van der Waals surface area contributed by atoms with Crippen molar-refractivity contribution in [3.63, 3.8) is 0 Å². The molecule has 0 atom stereocenters. The Morgan fingerprint density at radius 3 is 2.74 bits per heavy atom. The third kappa shape index (κ3) is 2.35. The van der Waals surface area contributed by atoms with Crippen LogP contribution in [0, 0.1) is 6.92 Å². The molecule has 2 aromatic rings. The molecule has 1 aromatic heterocycles. The van der Waals surface area contributed by atoms with Crippen molar-refractivity contribution in [2.24, 2.45) is 0 Å². The van der Waals surface area contributed by atoms with Crippen LogP contribution in [0.25, 0.3) is 11.3 Å². The lowest BCUT2D eigenvalue weighted by molar-refractivity contribution is 0.0599. The van der Waals surface area contributed by atoms with E-state index in [1.165, 1.54) is 7.11 Å². The van der Waals surface area contributed by atoms with Gasteiger partial charge in [0.15, 0.2) is 0 Å². The predicted molar refractivity (Wildman–Crippen MR) is 72.3 cm³/mol. The highest BCUT2D eigenvalue weighted by Gasteiger charge is 2.25. The van der Waals surface area contributed by atoms with Gasteiger partial charge in [0, 0.05) is 4.47 Å². The first-order chi connectivity index (χ1) is 9.10. The smallest absolute Gasteiger partial charge is 0.343 e. The summed E-state index contributed by atoms with van der Waals surface area (Å²) >= 11 is 3.43. The van der Waals surface area contributed by atoms with Crippen molar-refractivity contribution in [2.45, 2.75) is 6.92 Å². The number of nitrogens with zero attached hydrogens (tertiary/aromatic N) is 1. The highest BCUT2D eigenvalue weighted by molar-refractivity contribution is 9.10. The second-order valence-corrected chi connectivity index (χ2v) is 4.63. The van der Waals surface area contributed by atoms with Crippen molar-refractivity contribution in [3.05, 3.63) is 34.0 Å². The quantitative estimate of drug-likeness (QED) is 0.811. The van der Waals surface area contributed by atoms with Crippen LogP contribution in [0.4, 0.5) is 0 Å². The molecule has 0 amide bonds. The van der Waals surface area contributed by atoms with Gasteiger partial charge >= 0.3 is 5.97 Å². The SMILES string of the molecule is COC(=O)c1c(-c2c(Br)cccc2OC)noc1C. The van der Waals surface area contributed by atoms with Gasteiger partial charge in [0.25, 0.3) is 0 Å². The number of hydrogen-bond acceptors (Lipinski definition) is 5. The number of benzene rings is 1. The summed E-state index contributed by atoms with van der Waals surface area (Å²) < 4.78 is 15.9. The van der Waals surface area contributed by atoms with Crippen LogP contribution in [0.2, 0.25) is 0 Å². The number of rotatable bonds is 3. The van der Waals surface area contributed by atoms with Crippen molar-refractivity contribution in [1.82, 2.24) is 5.16 Å². The molecule has 100 valence electrons. The van der Waals surface area contributed by atoms with Crippen LogP contribution >= 0.6 is 15.9 Å². The molecule has 0 saturated heterocycles. The lowest BCUT2D eigenvalue weighted by Gasteiger charge is -2.09.